The molecule has 0 aliphatic rings. The molecule has 2 N–H and O–H groups in total. The van der Waals surface area contributed by atoms with Gasteiger partial charge in [0, 0.05) is 23.7 Å². The van der Waals surface area contributed by atoms with Crippen molar-refractivity contribution in [3.8, 4) is 0 Å². The van der Waals surface area contributed by atoms with Gasteiger partial charge in [-0.2, -0.15) is 4.31 Å². The van der Waals surface area contributed by atoms with Crippen LogP contribution in [-0.2, 0) is 16.6 Å². The van der Waals surface area contributed by atoms with Gasteiger partial charge in [0.1, 0.15) is 4.90 Å². The Hall–Kier alpha value is -1.51. The summed E-state index contributed by atoms with van der Waals surface area (Å²) in [6.45, 7) is 1.87. The highest BCUT2D eigenvalue weighted by Gasteiger charge is 2.28. The number of thiophene rings is 1. The number of sulfonamides is 1. The van der Waals surface area contributed by atoms with Crippen molar-refractivity contribution in [3.05, 3.63) is 46.2 Å². The molecule has 114 valence electrons. The van der Waals surface area contributed by atoms with Crippen LogP contribution in [0, 0.1) is 11.6 Å². The molecule has 1 aromatic heterocycles. The summed E-state index contributed by atoms with van der Waals surface area (Å²) in [7, 11) is -4.16. The lowest BCUT2D eigenvalue weighted by Crippen LogP contribution is -2.31. The van der Waals surface area contributed by atoms with Crippen LogP contribution < -0.4 is 5.73 Å². The lowest BCUT2D eigenvalue weighted by atomic mass is 10.3. The minimum absolute atomic E-state index is 0.104. The number of nitrogens with two attached hydrogens (primary N) is 1. The summed E-state index contributed by atoms with van der Waals surface area (Å²) >= 11 is 1.39. The zero-order chi connectivity index (χ0) is 15.6. The van der Waals surface area contributed by atoms with Gasteiger partial charge in [0.25, 0.3) is 0 Å². The second kappa shape index (κ2) is 6.08. The Balaban J connectivity index is 2.44. The van der Waals surface area contributed by atoms with Crippen LogP contribution in [0.15, 0.2) is 34.5 Å². The Kier molecular flexibility index (Phi) is 4.60. The summed E-state index contributed by atoms with van der Waals surface area (Å²) in [4.78, 5) is 0.0728. The highest BCUT2D eigenvalue weighted by atomic mass is 32.2. The van der Waals surface area contributed by atoms with Crippen LogP contribution in [0.25, 0.3) is 0 Å². The van der Waals surface area contributed by atoms with Crippen molar-refractivity contribution in [1.29, 1.82) is 0 Å². The van der Waals surface area contributed by atoms with E-state index in [1.807, 2.05) is 5.38 Å². The Labute approximate surface area is 125 Å². The molecule has 0 spiro atoms. The Bertz CT molecular complexity index is 731. The van der Waals surface area contributed by atoms with E-state index in [1.54, 1.807) is 19.1 Å². The third-order valence-electron chi connectivity index (χ3n) is 2.90. The topological polar surface area (TPSA) is 63.4 Å². The van der Waals surface area contributed by atoms with Gasteiger partial charge in [-0.3, -0.25) is 0 Å². The summed E-state index contributed by atoms with van der Waals surface area (Å²) < 4.78 is 53.2. The van der Waals surface area contributed by atoms with Gasteiger partial charge in [-0.1, -0.05) is 13.0 Å². The first-order chi connectivity index (χ1) is 9.86. The Morgan fingerprint density at radius 1 is 1.33 bits per heavy atom. The van der Waals surface area contributed by atoms with E-state index in [9.17, 15) is 17.2 Å². The number of anilines is 1. The molecule has 21 heavy (non-hydrogen) atoms. The molecule has 2 rings (SSSR count). The fraction of sp³-hybridized carbons (Fsp3) is 0.231. The van der Waals surface area contributed by atoms with Crippen LogP contribution >= 0.6 is 11.3 Å². The second-order valence-electron chi connectivity index (χ2n) is 4.33. The van der Waals surface area contributed by atoms with Crippen LogP contribution in [-0.4, -0.2) is 19.3 Å². The van der Waals surface area contributed by atoms with Crippen LogP contribution in [0.4, 0.5) is 14.5 Å². The molecule has 0 radical (unpaired) electrons. The maximum absolute atomic E-state index is 13.8. The summed E-state index contributed by atoms with van der Waals surface area (Å²) in [5.41, 5.74) is 5.28. The average molecular weight is 332 g/mol. The minimum Gasteiger partial charge on any atom is -0.399 e. The first-order valence-electron chi connectivity index (χ1n) is 6.13. The van der Waals surface area contributed by atoms with Crippen LogP contribution in [0.2, 0.25) is 0 Å². The number of halogens is 2. The summed E-state index contributed by atoms with van der Waals surface area (Å²) in [5.74, 6) is -2.69. The molecule has 0 aliphatic heterocycles. The molecule has 1 heterocycles. The second-order valence-corrected chi connectivity index (χ2v) is 7.26. The van der Waals surface area contributed by atoms with Gasteiger partial charge in [0.05, 0.1) is 0 Å². The van der Waals surface area contributed by atoms with E-state index in [2.05, 4.69) is 0 Å². The van der Waals surface area contributed by atoms with E-state index in [-0.39, 0.29) is 18.8 Å². The van der Waals surface area contributed by atoms with Gasteiger partial charge in [0.15, 0.2) is 11.6 Å². The standard InChI is InChI=1S/C13H14F2N2O2S2/c1-2-17(8-10-4-3-5-20-10)21(18,19)12-7-9(16)6-11(14)13(12)15/h3-7H,2,8,16H2,1H3. The number of hydrogen-bond donors (Lipinski definition) is 1. The molecular formula is C13H14F2N2O2S2. The molecular weight excluding hydrogens is 318 g/mol. The average Bonchev–Trinajstić information content (AvgIpc) is 2.92. The number of rotatable bonds is 5. The predicted octanol–water partition coefficient (Wildman–Crippen LogP) is 2.82. The summed E-state index contributed by atoms with van der Waals surface area (Å²) in [6, 6.07) is 5.26. The SMILES string of the molecule is CCN(Cc1cccs1)S(=O)(=O)c1cc(N)cc(F)c1F. The molecule has 0 saturated heterocycles. The molecule has 0 atom stereocenters. The minimum atomic E-state index is -4.16. The van der Waals surface area contributed by atoms with Gasteiger partial charge in [0.2, 0.25) is 10.0 Å². The van der Waals surface area contributed by atoms with E-state index < -0.39 is 26.6 Å². The highest BCUT2D eigenvalue weighted by Crippen LogP contribution is 2.26. The van der Waals surface area contributed by atoms with Gasteiger partial charge in [-0.25, -0.2) is 17.2 Å². The van der Waals surface area contributed by atoms with Gasteiger partial charge in [-0.15, -0.1) is 11.3 Å². The molecule has 0 fully saturated rings. The van der Waals surface area contributed by atoms with Gasteiger partial charge >= 0.3 is 0 Å². The lowest BCUT2D eigenvalue weighted by Gasteiger charge is -2.20. The van der Waals surface area contributed by atoms with E-state index in [4.69, 9.17) is 5.73 Å². The van der Waals surface area contributed by atoms with Gasteiger partial charge in [-0.05, 0) is 23.6 Å². The zero-order valence-corrected chi connectivity index (χ0v) is 12.8. The lowest BCUT2D eigenvalue weighted by molar-refractivity contribution is 0.417. The van der Waals surface area contributed by atoms with Crippen LogP contribution in [0.5, 0.6) is 0 Å². The van der Waals surface area contributed by atoms with Gasteiger partial charge < -0.3 is 5.73 Å². The molecule has 0 unspecified atom stereocenters. The summed E-state index contributed by atoms with van der Waals surface area (Å²) in [5, 5.41) is 1.82. The third kappa shape index (κ3) is 3.22. The van der Waals surface area contributed by atoms with Crippen molar-refractivity contribution >= 4 is 27.0 Å². The number of hydrogen-bond acceptors (Lipinski definition) is 4. The first-order valence-corrected chi connectivity index (χ1v) is 8.45. The van der Waals surface area contributed by atoms with E-state index in [0.717, 1.165) is 21.3 Å². The molecule has 0 saturated carbocycles. The van der Waals surface area contributed by atoms with Crippen molar-refractivity contribution in [2.45, 2.75) is 18.4 Å². The predicted molar refractivity (Wildman–Crippen MR) is 78.4 cm³/mol. The van der Waals surface area contributed by atoms with Crippen molar-refractivity contribution in [2.75, 3.05) is 12.3 Å². The largest absolute Gasteiger partial charge is 0.399 e. The monoisotopic (exact) mass is 332 g/mol. The molecule has 2 aromatic rings. The molecule has 4 nitrogen and oxygen atoms in total. The fourth-order valence-electron chi connectivity index (χ4n) is 1.85. The molecule has 0 amide bonds. The van der Waals surface area contributed by atoms with Crippen molar-refractivity contribution < 1.29 is 17.2 Å². The normalized spacial score (nSPS) is 12.0. The summed E-state index contributed by atoms with van der Waals surface area (Å²) in [6.07, 6.45) is 0. The van der Waals surface area contributed by atoms with Crippen molar-refractivity contribution in [2.24, 2.45) is 0 Å². The number of nitrogen functional groups attached to an aromatic ring is 1. The molecule has 0 bridgehead atoms. The smallest absolute Gasteiger partial charge is 0.246 e. The van der Waals surface area contributed by atoms with Crippen molar-refractivity contribution in [1.82, 2.24) is 4.31 Å². The highest BCUT2D eigenvalue weighted by molar-refractivity contribution is 7.89. The first kappa shape index (κ1) is 15.9. The Morgan fingerprint density at radius 3 is 2.62 bits per heavy atom. The molecule has 0 aliphatic carbocycles. The van der Waals surface area contributed by atoms with E-state index in [0.29, 0.717) is 0 Å². The molecule has 8 heteroatoms. The number of benzene rings is 1. The van der Waals surface area contributed by atoms with E-state index >= 15 is 0 Å². The molecule has 1 aromatic carbocycles. The Morgan fingerprint density at radius 2 is 2.05 bits per heavy atom. The quantitative estimate of drug-likeness (QED) is 0.857. The number of nitrogens with zero attached hydrogens (tertiary/aromatic N) is 1. The maximum Gasteiger partial charge on any atom is 0.246 e. The fourth-order valence-corrected chi connectivity index (χ4v) is 4.19. The van der Waals surface area contributed by atoms with Crippen LogP contribution in [0.3, 0.4) is 0 Å². The zero-order valence-electron chi connectivity index (χ0n) is 11.2. The maximum atomic E-state index is 13.8. The van der Waals surface area contributed by atoms with E-state index in [1.165, 1.54) is 11.3 Å². The van der Waals surface area contributed by atoms with Crippen LogP contribution in [0.1, 0.15) is 11.8 Å². The van der Waals surface area contributed by atoms with Crippen molar-refractivity contribution in [3.63, 3.8) is 0 Å². The third-order valence-corrected chi connectivity index (χ3v) is 5.68.